The van der Waals surface area contributed by atoms with Crippen LogP contribution in [-0.2, 0) is 6.42 Å². The third kappa shape index (κ3) is 4.13. The van der Waals surface area contributed by atoms with Crippen LogP contribution in [0.2, 0.25) is 0 Å². The van der Waals surface area contributed by atoms with Crippen LogP contribution in [0.4, 0.5) is 17.1 Å². The Bertz CT molecular complexity index is 932. The number of rotatable bonds is 6. The number of Topliss-reactive ketones (excluding diaryl/α,β-unsaturated/α-hetero) is 1. The molecule has 5 nitrogen and oxygen atoms in total. The van der Waals surface area contributed by atoms with Gasteiger partial charge in [0.2, 0.25) is 0 Å². The number of carbonyl (C=O) groups is 1. The minimum Gasteiger partial charge on any atom is -0.355 e. The van der Waals surface area contributed by atoms with Crippen LogP contribution in [0, 0.1) is 17.0 Å². The van der Waals surface area contributed by atoms with Gasteiger partial charge in [-0.15, -0.1) is 0 Å². The van der Waals surface area contributed by atoms with Crippen LogP contribution < -0.4 is 5.32 Å². The SMILES string of the molecule is Cc1ccc(Nc2ccccc2CC(=O)c2ccc([N+](=O)[O-])cc2)cc1. The van der Waals surface area contributed by atoms with Crippen molar-refractivity contribution in [1.29, 1.82) is 0 Å². The van der Waals surface area contributed by atoms with Gasteiger partial charge in [-0.05, 0) is 42.8 Å². The number of nitrogens with zero attached hydrogens (tertiary/aromatic N) is 1. The normalized spacial score (nSPS) is 10.3. The molecule has 3 aromatic carbocycles. The Labute approximate surface area is 151 Å². The first-order valence-electron chi connectivity index (χ1n) is 8.22. The number of aryl methyl sites for hydroxylation is 1. The van der Waals surface area contributed by atoms with E-state index in [1.807, 2.05) is 55.5 Å². The third-order valence-electron chi connectivity index (χ3n) is 4.10. The molecule has 130 valence electrons. The molecule has 0 heterocycles. The van der Waals surface area contributed by atoms with Crippen LogP contribution in [0.15, 0.2) is 72.8 Å². The van der Waals surface area contributed by atoms with Gasteiger partial charge in [0.25, 0.3) is 5.69 Å². The number of hydrogen-bond donors (Lipinski definition) is 1. The van der Waals surface area contributed by atoms with Crippen molar-refractivity contribution >= 4 is 22.8 Å². The second-order valence-electron chi connectivity index (χ2n) is 6.05. The Hall–Kier alpha value is -3.47. The standard InChI is InChI=1S/C21H18N2O3/c1-15-6-10-18(11-7-15)22-20-5-3-2-4-17(20)14-21(24)16-8-12-19(13-9-16)23(25)26/h2-13,22H,14H2,1H3. The molecule has 0 spiro atoms. The van der Waals surface area contributed by atoms with Crippen molar-refractivity contribution in [1.82, 2.24) is 0 Å². The number of nitro groups is 1. The summed E-state index contributed by atoms with van der Waals surface area (Å²) in [6.45, 7) is 2.03. The highest BCUT2D eigenvalue weighted by molar-refractivity contribution is 5.98. The summed E-state index contributed by atoms with van der Waals surface area (Å²) in [4.78, 5) is 22.8. The van der Waals surface area contributed by atoms with Crippen LogP contribution in [0.25, 0.3) is 0 Å². The zero-order chi connectivity index (χ0) is 18.5. The van der Waals surface area contributed by atoms with Gasteiger partial charge >= 0.3 is 0 Å². The van der Waals surface area contributed by atoms with Crippen molar-refractivity contribution in [3.05, 3.63) is 99.6 Å². The van der Waals surface area contributed by atoms with E-state index in [-0.39, 0.29) is 17.9 Å². The van der Waals surface area contributed by atoms with Gasteiger partial charge in [-0.3, -0.25) is 14.9 Å². The van der Waals surface area contributed by atoms with Gasteiger partial charge in [-0.25, -0.2) is 0 Å². The lowest BCUT2D eigenvalue weighted by molar-refractivity contribution is -0.384. The van der Waals surface area contributed by atoms with Gasteiger partial charge in [-0.2, -0.15) is 0 Å². The fourth-order valence-corrected chi connectivity index (χ4v) is 2.63. The fraction of sp³-hybridized carbons (Fsp3) is 0.0952. The molecule has 0 aliphatic rings. The molecule has 0 bridgehead atoms. The lowest BCUT2D eigenvalue weighted by Crippen LogP contribution is -2.06. The Kier molecular flexibility index (Phi) is 5.08. The van der Waals surface area contributed by atoms with Gasteiger partial charge in [-0.1, -0.05) is 35.9 Å². The number of carbonyl (C=O) groups excluding carboxylic acids is 1. The third-order valence-corrected chi connectivity index (χ3v) is 4.10. The molecule has 0 aromatic heterocycles. The van der Waals surface area contributed by atoms with E-state index in [2.05, 4.69) is 5.32 Å². The molecule has 0 aliphatic carbocycles. The summed E-state index contributed by atoms with van der Waals surface area (Å²) < 4.78 is 0. The first kappa shape index (κ1) is 17.4. The number of para-hydroxylation sites is 1. The largest absolute Gasteiger partial charge is 0.355 e. The maximum absolute atomic E-state index is 12.5. The number of nitro benzene ring substituents is 1. The van der Waals surface area contributed by atoms with E-state index in [0.29, 0.717) is 5.56 Å². The summed E-state index contributed by atoms with van der Waals surface area (Å²) in [5.74, 6) is -0.0851. The molecule has 0 unspecified atom stereocenters. The first-order valence-corrected chi connectivity index (χ1v) is 8.22. The summed E-state index contributed by atoms with van der Waals surface area (Å²) in [5, 5.41) is 14.1. The zero-order valence-corrected chi connectivity index (χ0v) is 14.3. The van der Waals surface area contributed by atoms with Gasteiger partial charge in [0.15, 0.2) is 5.78 Å². The summed E-state index contributed by atoms with van der Waals surface area (Å²) in [7, 11) is 0. The van der Waals surface area contributed by atoms with E-state index in [0.717, 1.165) is 16.9 Å². The van der Waals surface area contributed by atoms with Crippen molar-refractivity contribution in [2.24, 2.45) is 0 Å². The highest BCUT2D eigenvalue weighted by Gasteiger charge is 2.12. The number of hydrogen-bond acceptors (Lipinski definition) is 4. The van der Waals surface area contributed by atoms with E-state index >= 15 is 0 Å². The Morgan fingerprint density at radius 2 is 1.62 bits per heavy atom. The molecule has 3 rings (SSSR count). The molecule has 0 radical (unpaired) electrons. The summed E-state index contributed by atoms with van der Waals surface area (Å²) >= 11 is 0. The van der Waals surface area contributed by atoms with E-state index in [9.17, 15) is 14.9 Å². The van der Waals surface area contributed by atoms with Gasteiger partial charge < -0.3 is 5.32 Å². The lowest BCUT2D eigenvalue weighted by Gasteiger charge is -2.12. The van der Waals surface area contributed by atoms with Crippen molar-refractivity contribution in [2.75, 3.05) is 5.32 Å². The summed E-state index contributed by atoms with van der Waals surface area (Å²) in [6, 6.07) is 21.3. The van der Waals surface area contributed by atoms with Crippen molar-refractivity contribution in [3.63, 3.8) is 0 Å². The number of benzene rings is 3. The second-order valence-corrected chi connectivity index (χ2v) is 6.05. The Morgan fingerprint density at radius 1 is 0.962 bits per heavy atom. The Balaban J connectivity index is 1.78. The predicted octanol–water partition coefficient (Wildman–Crippen LogP) is 5.07. The van der Waals surface area contributed by atoms with E-state index in [1.165, 1.54) is 29.8 Å². The van der Waals surface area contributed by atoms with E-state index < -0.39 is 4.92 Å². The van der Waals surface area contributed by atoms with Crippen LogP contribution in [0.1, 0.15) is 21.5 Å². The van der Waals surface area contributed by atoms with Gasteiger partial charge in [0.1, 0.15) is 0 Å². The molecule has 0 amide bonds. The molecular weight excluding hydrogens is 328 g/mol. The average molecular weight is 346 g/mol. The van der Waals surface area contributed by atoms with Crippen LogP contribution in [0.3, 0.4) is 0 Å². The molecule has 0 saturated carbocycles. The van der Waals surface area contributed by atoms with Crippen LogP contribution >= 0.6 is 0 Å². The number of nitrogens with one attached hydrogen (secondary N) is 1. The van der Waals surface area contributed by atoms with Crippen molar-refractivity contribution in [2.45, 2.75) is 13.3 Å². The van der Waals surface area contributed by atoms with Crippen molar-refractivity contribution < 1.29 is 9.72 Å². The molecule has 1 N–H and O–H groups in total. The molecule has 0 atom stereocenters. The topological polar surface area (TPSA) is 72.2 Å². The molecule has 0 fully saturated rings. The fourth-order valence-electron chi connectivity index (χ4n) is 2.63. The monoisotopic (exact) mass is 346 g/mol. The highest BCUT2D eigenvalue weighted by atomic mass is 16.6. The zero-order valence-electron chi connectivity index (χ0n) is 14.3. The molecule has 5 heteroatoms. The second kappa shape index (κ2) is 7.61. The molecule has 26 heavy (non-hydrogen) atoms. The molecular formula is C21H18N2O3. The maximum Gasteiger partial charge on any atom is 0.269 e. The number of anilines is 2. The maximum atomic E-state index is 12.5. The minimum atomic E-state index is -0.477. The lowest BCUT2D eigenvalue weighted by atomic mass is 10.0. The number of ketones is 1. The first-order chi connectivity index (χ1) is 12.5. The van der Waals surface area contributed by atoms with Gasteiger partial charge in [0, 0.05) is 35.5 Å². The average Bonchev–Trinajstić information content (AvgIpc) is 2.65. The smallest absolute Gasteiger partial charge is 0.269 e. The summed E-state index contributed by atoms with van der Waals surface area (Å²) in [6.07, 6.45) is 0.215. The highest BCUT2D eigenvalue weighted by Crippen LogP contribution is 2.23. The van der Waals surface area contributed by atoms with E-state index in [4.69, 9.17) is 0 Å². The van der Waals surface area contributed by atoms with E-state index in [1.54, 1.807) is 0 Å². The van der Waals surface area contributed by atoms with Crippen molar-refractivity contribution in [3.8, 4) is 0 Å². The van der Waals surface area contributed by atoms with Crippen LogP contribution in [-0.4, -0.2) is 10.7 Å². The van der Waals surface area contributed by atoms with Gasteiger partial charge in [0.05, 0.1) is 4.92 Å². The van der Waals surface area contributed by atoms with Crippen LogP contribution in [0.5, 0.6) is 0 Å². The minimum absolute atomic E-state index is 0.0250. The summed E-state index contributed by atoms with van der Waals surface area (Å²) in [5.41, 5.74) is 4.30. The quantitative estimate of drug-likeness (QED) is 0.384. The number of non-ortho nitro benzene ring substituents is 1. The predicted molar refractivity (Wildman–Crippen MR) is 102 cm³/mol. The molecule has 0 aliphatic heterocycles. The molecule has 3 aromatic rings. The Morgan fingerprint density at radius 3 is 2.27 bits per heavy atom. The molecule has 0 saturated heterocycles.